The van der Waals surface area contributed by atoms with E-state index in [2.05, 4.69) is 4.98 Å². The van der Waals surface area contributed by atoms with E-state index in [4.69, 9.17) is 18.9 Å². The SMILES string of the molecule is COc1cc(CN(Cc2cc(C(F)(F)F)cc(C(F)(F)F)c2)c2ccc(OCCCC(=O)[O-])cn2)c(-c2cc(C(C)C)ccc2OC)cc1OC.[Na+]. The number of hydrogen-bond acceptors (Lipinski definition) is 8. The summed E-state index contributed by atoms with van der Waals surface area (Å²) in [5.41, 5.74) is -0.299. The van der Waals surface area contributed by atoms with Crippen molar-refractivity contribution in [2.75, 3.05) is 32.8 Å². The quantitative estimate of drug-likeness (QED) is 0.0950. The maximum Gasteiger partial charge on any atom is 1.00 e. The summed E-state index contributed by atoms with van der Waals surface area (Å²) < 4.78 is 105. The van der Waals surface area contributed by atoms with Crippen molar-refractivity contribution < 1.29 is 84.7 Å². The van der Waals surface area contributed by atoms with Gasteiger partial charge in [0.25, 0.3) is 0 Å². The van der Waals surface area contributed by atoms with Gasteiger partial charge in [-0.1, -0.05) is 19.9 Å². The van der Waals surface area contributed by atoms with Gasteiger partial charge in [0, 0.05) is 24.6 Å². The molecule has 0 saturated carbocycles. The number of pyridine rings is 1. The van der Waals surface area contributed by atoms with Gasteiger partial charge in [-0.3, -0.25) is 0 Å². The van der Waals surface area contributed by atoms with Crippen LogP contribution in [0, 0.1) is 0 Å². The fraction of sp³-hybridized carbons (Fsp3) is 0.351. The van der Waals surface area contributed by atoms with Crippen molar-refractivity contribution in [3.8, 4) is 34.1 Å². The van der Waals surface area contributed by atoms with Crippen LogP contribution in [0.1, 0.15) is 60.4 Å². The van der Waals surface area contributed by atoms with Gasteiger partial charge in [-0.25, -0.2) is 4.98 Å². The zero-order valence-corrected chi connectivity index (χ0v) is 31.6. The van der Waals surface area contributed by atoms with Gasteiger partial charge in [-0.2, -0.15) is 26.3 Å². The number of carboxylic acids is 1. The number of carboxylic acid groups (broad SMARTS) is 1. The molecule has 4 aromatic rings. The molecule has 1 aromatic heterocycles. The number of methoxy groups -OCH3 is 3. The molecule has 1 heterocycles. The van der Waals surface area contributed by atoms with Crippen molar-refractivity contribution in [1.29, 1.82) is 0 Å². The number of nitrogens with zero attached hydrogens (tertiary/aromatic N) is 2. The average Bonchev–Trinajstić information content (AvgIpc) is 3.08. The summed E-state index contributed by atoms with van der Waals surface area (Å²) in [7, 11) is 4.42. The van der Waals surface area contributed by atoms with Crippen LogP contribution in [-0.4, -0.2) is 38.9 Å². The third kappa shape index (κ3) is 10.9. The van der Waals surface area contributed by atoms with Gasteiger partial charge < -0.3 is 33.7 Å². The first-order valence-corrected chi connectivity index (χ1v) is 15.8. The minimum absolute atomic E-state index is 0. The van der Waals surface area contributed by atoms with E-state index in [0.717, 1.165) is 5.56 Å². The molecule has 0 amide bonds. The molecule has 52 heavy (non-hydrogen) atoms. The Morgan fingerprint density at radius 2 is 1.40 bits per heavy atom. The fourth-order valence-corrected chi connectivity index (χ4v) is 5.40. The van der Waals surface area contributed by atoms with E-state index in [1.54, 1.807) is 12.1 Å². The van der Waals surface area contributed by atoms with Gasteiger partial charge in [0.05, 0.1) is 45.3 Å². The second-order valence-corrected chi connectivity index (χ2v) is 11.9. The molecule has 0 aliphatic carbocycles. The van der Waals surface area contributed by atoms with Crippen molar-refractivity contribution in [3.05, 3.63) is 94.7 Å². The van der Waals surface area contributed by atoms with Gasteiger partial charge in [-0.05, 0) is 95.6 Å². The molecule has 0 saturated heterocycles. The Hall–Kier alpha value is -4.14. The maximum atomic E-state index is 13.8. The van der Waals surface area contributed by atoms with Crippen molar-refractivity contribution in [2.24, 2.45) is 0 Å². The molecule has 0 aliphatic heterocycles. The van der Waals surface area contributed by atoms with Gasteiger partial charge in [0.15, 0.2) is 11.5 Å². The number of aromatic nitrogens is 1. The topological polar surface area (TPSA) is 93.2 Å². The van der Waals surface area contributed by atoms with Gasteiger partial charge >= 0.3 is 41.9 Å². The summed E-state index contributed by atoms with van der Waals surface area (Å²) in [5, 5.41) is 10.7. The molecule has 15 heteroatoms. The third-order valence-electron chi connectivity index (χ3n) is 8.01. The molecule has 3 aromatic carbocycles. The van der Waals surface area contributed by atoms with Crippen LogP contribution < -0.4 is 58.5 Å². The summed E-state index contributed by atoms with van der Waals surface area (Å²) in [6.45, 7) is 3.62. The number of hydrogen-bond donors (Lipinski definition) is 0. The minimum Gasteiger partial charge on any atom is -0.550 e. The predicted octanol–water partition coefficient (Wildman–Crippen LogP) is 5.06. The maximum absolute atomic E-state index is 13.8. The number of carbonyl (C=O) groups excluding carboxylic acids is 1. The van der Waals surface area contributed by atoms with Crippen LogP contribution in [0.4, 0.5) is 32.2 Å². The number of alkyl halides is 6. The molecule has 4 rings (SSSR count). The monoisotopic (exact) mass is 742 g/mol. The van der Waals surface area contributed by atoms with Crippen LogP contribution in [0.5, 0.6) is 23.0 Å². The summed E-state index contributed by atoms with van der Waals surface area (Å²) in [4.78, 5) is 16.7. The van der Waals surface area contributed by atoms with Crippen LogP contribution >= 0.6 is 0 Å². The van der Waals surface area contributed by atoms with Crippen molar-refractivity contribution >= 4 is 11.8 Å². The van der Waals surface area contributed by atoms with Gasteiger partial charge in [-0.15, -0.1) is 0 Å². The number of aliphatic carboxylic acids is 1. The molecular formula is C37H37F6N2NaO6. The second kappa shape index (κ2) is 18.1. The molecule has 0 atom stereocenters. The number of anilines is 1. The first kappa shape index (κ1) is 42.3. The van der Waals surface area contributed by atoms with E-state index in [1.807, 2.05) is 32.0 Å². The molecule has 0 N–H and O–H groups in total. The van der Waals surface area contributed by atoms with Crippen molar-refractivity contribution in [2.45, 2.75) is 58.0 Å². The number of ether oxygens (including phenoxy) is 4. The Bertz CT molecular complexity index is 1780. The summed E-state index contributed by atoms with van der Waals surface area (Å²) >= 11 is 0. The normalized spacial score (nSPS) is 11.5. The summed E-state index contributed by atoms with van der Waals surface area (Å²) in [5.74, 6) is 0.626. The van der Waals surface area contributed by atoms with Crippen LogP contribution in [-0.2, 0) is 30.2 Å². The Kier molecular flexibility index (Phi) is 14.7. The average molecular weight is 743 g/mol. The van der Waals surface area contributed by atoms with E-state index in [9.17, 15) is 36.2 Å². The van der Waals surface area contributed by atoms with Crippen LogP contribution in [0.3, 0.4) is 0 Å². The number of rotatable bonds is 15. The Balaban J connectivity index is 0.00000729. The van der Waals surface area contributed by atoms with E-state index in [1.165, 1.54) is 44.6 Å². The van der Waals surface area contributed by atoms with Gasteiger partial charge in [0.2, 0.25) is 0 Å². The first-order chi connectivity index (χ1) is 24.0. The molecule has 0 fully saturated rings. The van der Waals surface area contributed by atoms with E-state index >= 15 is 0 Å². The van der Waals surface area contributed by atoms with Crippen molar-refractivity contribution in [1.82, 2.24) is 4.98 Å². The smallest absolute Gasteiger partial charge is 0.550 e. The van der Waals surface area contributed by atoms with Crippen LogP contribution in [0.15, 0.2) is 66.9 Å². The van der Waals surface area contributed by atoms with Crippen molar-refractivity contribution in [3.63, 3.8) is 0 Å². The van der Waals surface area contributed by atoms with Crippen LogP contribution in [0.2, 0.25) is 0 Å². The number of halogens is 6. The summed E-state index contributed by atoms with van der Waals surface area (Å²) in [6.07, 6.45) is -8.78. The summed E-state index contributed by atoms with van der Waals surface area (Å²) in [6, 6.07) is 13.6. The largest absolute Gasteiger partial charge is 1.00 e. The zero-order valence-electron chi connectivity index (χ0n) is 29.6. The molecule has 0 radical (unpaired) electrons. The molecular weight excluding hydrogens is 705 g/mol. The molecule has 274 valence electrons. The predicted molar refractivity (Wildman–Crippen MR) is 176 cm³/mol. The Labute approximate surface area is 320 Å². The number of carbonyl (C=O) groups is 1. The minimum atomic E-state index is -5.04. The van der Waals surface area contributed by atoms with E-state index < -0.39 is 36.0 Å². The zero-order chi connectivity index (χ0) is 37.5. The molecule has 0 spiro atoms. The Morgan fingerprint density at radius 3 is 1.92 bits per heavy atom. The van der Waals surface area contributed by atoms with Crippen LogP contribution in [0.25, 0.3) is 11.1 Å². The standard InChI is InChI=1S/C37H38F6N2O6.Na/c1-22(2)24-8-10-31(48-3)30(15-24)29-18-33(50-5)32(49-4)16-25(29)21-45(34-11-9-28(19-44-34)51-12-6-7-35(46)47)20-23-13-26(36(38,39)40)17-27(14-23)37(41,42)43;/h8-11,13-19,22H,6-7,12,20-21H2,1-5H3,(H,46,47);/q;+1/p-1. The van der Waals surface area contributed by atoms with E-state index in [0.29, 0.717) is 46.1 Å². The molecule has 0 bridgehead atoms. The Morgan fingerprint density at radius 1 is 0.788 bits per heavy atom. The number of benzene rings is 3. The third-order valence-corrected chi connectivity index (χ3v) is 8.01. The molecule has 0 aliphatic rings. The van der Waals surface area contributed by atoms with E-state index in [-0.39, 0.29) is 84.7 Å². The molecule has 8 nitrogen and oxygen atoms in total. The van der Waals surface area contributed by atoms with Gasteiger partial charge in [0.1, 0.15) is 17.3 Å². The fourth-order valence-electron chi connectivity index (χ4n) is 5.40. The first-order valence-electron chi connectivity index (χ1n) is 15.8. The second-order valence-electron chi connectivity index (χ2n) is 11.9. The molecule has 0 unspecified atom stereocenters.